The van der Waals surface area contributed by atoms with E-state index < -0.39 is 5.60 Å². The quantitative estimate of drug-likeness (QED) is 0.336. The number of carbonyl (C=O) groups excluding carboxylic acids is 1. The Bertz CT molecular complexity index is 632. The lowest BCUT2D eigenvalue weighted by Crippen LogP contribution is -2.42. The molecule has 1 amide bonds. The molecule has 0 aliphatic heterocycles. The second kappa shape index (κ2) is 12.7. The molecule has 1 atom stereocenters. The minimum atomic E-state index is -0.491. The summed E-state index contributed by atoms with van der Waals surface area (Å²) in [6.07, 6.45) is 0.464. The summed E-state index contributed by atoms with van der Waals surface area (Å²) in [4.78, 5) is 18.0. The number of hydrogen-bond acceptors (Lipinski definition) is 4. The zero-order valence-corrected chi connectivity index (χ0v) is 20.4. The molecule has 160 valence electrons. The van der Waals surface area contributed by atoms with Crippen molar-refractivity contribution in [3.63, 3.8) is 0 Å². The van der Waals surface area contributed by atoms with Crippen molar-refractivity contribution in [2.45, 2.75) is 52.3 Å². The second-order valence-electron chi connectivity index (χ2n) is 7.43. The first-order chi connectivity index (χ1) is 12.7. The molecule has 0 aliphatic carbocycles. The third kappa shape index (κ3) is 10.0. The van der Waals surface area contributed by atoms with Crippen LogP contribution in [0.25, 0.3) is 0 Å². The zero-order valence-electron chi connectivity index (χ0n) is 18.0. The first-order valence-corrected chi connectivity index (χ1v) is 9.19. The summed E-state index contributed by atoms with van der Waals surface area (Å²) in [7, 11) is 5.15. The summed E-state index contributed by atoms with van der Waals surface area (Å²) in [5, 5.41) is 6.54. The molecule has 0 aromatic heterocycles. The maximum absolute atomic E-state index is 12.1. The van der Waals surface area contributed by atoms with Crippen LogP contribution in [0, 0.1) is 0 Å². The predicted molar refractivity (Wildman–Crippen MR) is 125 cm³/mol. The van der Waals surface area contributed by atoms with Crippen LogP contribution >= 0.6 is 24.0 Å². The molecule has 0 saturated carbocycles. The summed E-state index contributed by atoms with van der Waals surface area (Å²) in [6, 6.07) is 7.93. The number of methoxy groups -OCH3 is 1. The van der Waals surface area contributed by atoms with Crippen LogP contribution in [0.5, 0.6) is 5.75 Å². The van der Waals surface area contributed by atoms with E-state index in [1.165, 1.54) is 0 Å². The van der Waals surface area contributed by atoms with Gasteiger partial charge in [0.05, 0.1) is 7.11 Å². The number of benzene rings is 1. The maximum Gasteiger partial charge on any atom is 0.410 e. The van der Waals surface area contributed by atoms with Gasteiger partial charge in [0.25, 0.3) is 0 Å². The first-order valence-electron chi connectivity index (χ1n) is 9.19. The third-order valence-corrected chi connectivity index (χ3v) is 4.01. The third-order valence-electron chi connectivity index (χ3n) is 4.01. The Morgan fingerprint density at radius 2 is 1.96 bits per heavy atom. The molecule has 0 heterocycles. The fourth-order valence-electron chi connectivity index (χ4n) is 2.30. The Kier molecular flexibility index (Phi) is 11.9. The number of ether oxygens (including phenoxy) is 2. The molecular formula is C20H35IN4O3. The van der Waals surface area contributed by atoms with Crippen molar-refractivity contribution >= 4 is 36.0 Å². The van der Waals surface area contributed by atoms with Crippen molar-refractivity contribution in [1.29, 1.82) is 0 Å². The Morgan fingerprint density at radius 3 is 2.54 bits per heavy atom. The van der Waals surface area contributed by atoms with E-state index in [0.29, 0.717) is 19.0 Å². The van der Waals surface area contributed by atoms with Crippen molar-refractivity contribution in [1.82, 2.24) is 15.5 Å². The molecule has 0 fully saturated rings. The number of amides is 1. The smallest absolute Gasteiger partial charge is 0.410 e. The number of nitrogens with one attached hydrogen (secondary N) is 2. The summed E-state index contributed by atoms with van der Waals surface area (Å²) in [6.45, 7) is 8.92. The molecule has 0 saturated heterocycles. The van der Waals surface area contributed by atoms with Gasteiger partial charge in [0.2, 0.25) is 0 Å². The molecule has 0 bridgehead atoms. The van der Waals surface area contributed by atoms with E-state index in [4.69, 9.17) is 9.47 Å². The van der Waals surface area contributed by atoms with Crippen molar-refractivity contribution in [2.24, 2.45) is 4.99 Å². The molecule has 0 spiro atoms. The number of rotatable bonds is 7. The molecule has 1 aromatic carbocycles. The van der Waals surface area contributed by atoms with Crippen LogP contribution in [0.2, 0.25) is 0 Å². The minimum Gasteiger partial charge on any atom is -0.497 e. The topological polar surface area (TPSA) is 75.2 Å². The van der Waals surface area contributed by atoms with Gasteiger partial charge in [0.1, 0.15) is 11.4 Å². The SMILES string of the molecule is CN=C(NCCC(C)N(C)C(=O)OC(C)(C)C)NCc1cccc(OC)c1.I. The Hall–Kier alpha value is -1.71. The van der Waals surface area contributed by atoms with Crippen LogP contribution < -0.4 is 15.4 Å². The van der Waals surface area contributed by atoms with E-state index in [1.807, 2.05) is 52.0 Å². The van der Waals surface area contributed by atoms with Crippen molar-refractivity contribution in [3.05, 3.63) is 29.8 Å². The highest BCUT2D eigenvalue weighted by Crippen LogP contribution is 2.13. The van der Waals surface area contributed by atoms with Crippen LogP contribution in [0.4, 0.5) is 4.79 Å². The van der Waals surface area contributed by atoms with Gasteiger partial charge >= 0.3 is 6.09 Å². The van der Waals surface area contributed by atoms with Crippen LogP contribution in [0.1, 0.15) is 39.7 Å². The molecule has 0 aliphatic rings. The highest BCUT2D eigenvalue weighted by Gasteiger charge is 2.22. The summed E-state index contributed by atoms with van der Waals surface area (Å²) < 4.78 is 10.6. The highest BCUT2D eigenvalue weighted by molar-refractivity contribution is 14.0. The zero-order chi connectivity index (χ0) is 20.4. The highest BCUT2D eigenvalue weighted by atomic mass is 127. The average Bonchev–Trinajstić information content (AvgIpc) is 2.62. The normalized spacial score (nSPS) is 12.5. The van der Waals surface area contributed by atoms with E-state index in [0.717, 1.165) is 17.7 Å². The van der Waals surface area contributed by atoms with Gasteiger partial charge in [0.15, 0.2) is 5.96 Å². The molecule has 28 heavy (non-hydrogen) atoms. The summed E-state index contributed by atoms with van der Waals surface area (Å²) in [5.41, 5.74) is 0.616. The molecule has 1 unspecified atom stereocenters. The van der Waals surface area contributed by atoms with Crippen LogP contribution in [-0.4, -0.2) is 56.3 Å². The van der Waals surface area contributed by atoms with E-state index in [-0.39, 0.29) is 36.1 Å². The molecule has 8 heteroatoms. The number of halogens is 1. The summed E-state index contributed by atoms with van der Waals surface area (Å²) in [5.74, 6) is 1.54. The van der Waals surface area contributed by atoms with Crippen molar-refractivity contribution in [2.75, 3.05) is 27.7 Å². The lowest BCUT2D eigenvalue weighted by atomic mass is 10.2. The number of hydrogen-bond donors (Lipinski definition) is 2. The van der Waals surface area contributed by atoms with Gasteiger partial charge in [-0.25, -0.2) is 4.79 Å². The van der Waals surface area contributed by atoms with E-state index in [1.54, 1.807) is 26.1 Å². The average molecular weight is 506 g/mol. The number of carbonyl (C=O) groups is 1. The van der Waals surface area contributed by atoms with Gasteiger partial charge in [-0.15, -0.1) is 24.0 Å². The van der Waals surface area contributed by atoms with Crippen molar-refractivity contribution < 1.29 is 14.3 Å². The molecule has 7 nitrogen and oxygen atoms in total. The van der Waals surface area contributed by atoms with Crippen LogP contribution in [0.15, 0.2) is 29.3 Å². The minimum absolute atomic E-state index is 0. The number of nitrogens with zero attached hydrogens (tertiary/aromatic N) is 2. The largest absolute Gasteiger partial charge is 0.497 e. The van der Waals surface area contributed by atoms with Crippen LogP contribution in [0.3, 0.4) is 0 Å². The number of guanidine groups is 1. The Morgan fingerprint density at radius 1 is 1.29 bits per heavy atom. The fraction of sp³-hybridized carbons (Fsp3) is 0.600. The first kappa shape index (κ1) is 26.3. The lowest BCUT2D eigenvalue weighted by Gasteiger charge is -2.28. The van der Waals surface area contributed by atoms with E-state index >= 15 is 0 Å². The van der Waals surface area contributed by atoms with E-state index in [9.17, 15) is 4.79 Å². The van der Waals surface area contributed by atoms with E-state index in [2.05, 4.69) is 15.6 Å². The van der Waals surface area contributed by atoms with Gasteiger partial charge in [0, 0.05) is 33.2 Å². The predicted octanol–water partition coefficient (Wildman–Crippen LogP) is 3.62. The lowest BCUT2D eigenvalue weighted by molar-refractivity contribution is 0.0230. The van der Waals surface area contributed by atoms with Gasteiger partial charge < -0.3 is 25.0 Å². The summed E-state index contributed by atoms with van der Waals surface area (Å²) >= 11 is 0. The monoisotopic (exact) mass is 506 g/mol. The fourth-order valence-corrected chi connectivity index (χ4v) is 2.30. The van der Waals surface area contributed by atoms with Gasteiger partial charge in [-0.2, -0.15) is 0 Å². The van der Waals surface area contributed by atoms with Gasteiger partial charge in [-0.1, -0.05) is 12.1 Å². The van der Waals surface area contributed by atoms with Gasteiger partial charge in [-0.05, 0) is 51.8 Å². The maximum atomic E-state index is 12.1. The Labute approximate surface area is 186 Å². The standard InChI is InChI=1S/C20H34N4O3.HI/c1-15(24(6)19(25)27-20(2,3)4)11-12-22-18(21-5)23-14-16-9-8-10-17(13-16)26-7;/h8-10,13,15H,11-12,14H2,1-7H3,(H2,21,22,23);1H. The molecule has 2 N–H and O–H groups in total. The molecular weight excluding hydrogens is 471 g/mol. The Balaban J connectivity index is 0.00000729. The molecule has 1 aromatic rings. The van der Waals surface area contributed by atoms with Crippen LogP contribution in [-0.2, 0) is 11.3 Å². The van der Waals surface area contributed by atoms with Crippen molar-refractivity contribution in [3.8, 4) is 5.75 Å². The number of aliphatic imine (C=N–C) groups is 1. The molecule has 1 rings (SSSR count). The van der Waals surface area contributed by atoms with Gasteiger partial charge in [-0.3, -0.25) is 4.99 Å². The molecule has 0 radical (unpaired) electrons. The second-order valence-corrected chi connectivity index (χ2v) is 7.43.